The quantitative estimate of drug-likeness (QED) is 0.302. The molecule has 6 nitrogen and oxygen atoms in total. The van der Waals surface area contributed by atoms with Crippen molar-refractivity contribution in [3.05, 3.63) is 58.2 Å². The van der Waals surface area contributed by atoms with E-state index in [0.717, 1.165) is 74.3 Å². The molecule has 3 heterocycles. The van der Waals surface area contributed by atoms with Crippen LogP contribution in [0.5, 0.6) is 5.75 Å². The Kier molecular flexibility index (Phi) is 5.81. The van der Waals surface area contributed by atoms with Gasteiger partial charge in [-0.3, -0.25) is 4.98 Å². The van der Waals surface area contributed by atoms with Crippen LogP contribution in [0.3, 0.4) is 0 Å². The first-order chi connectivity index (χ1) is 17.7. The average Bonchev–Trinajstić information content (AvgIpc) is 3.52. The van der Waals surface area contributed by atoms with Crippen molar-refractivity contribution in [2.75, 3.05) is 6.61 Å². The SMILES string of the molecule is Cc1cc2nc(C3=CCCC3)sc2c(-c2ccc3c4c(ccnc24)CCO3)c1C(OC(C)(C)C)C(=O)O. The molecule has 4 aromatic rings. The monoisotopic (exact) mass is 514 g/mol. The van der Waals surface area contributed by atoms with Gasteiger partial charge < -0.3 is 14.6 Å². The third-order valence-electron chi connectivity index (χ3n) is 7.04. The van der Waals surface area contributed by atoms with Gasteiger partial charge in [0.05, 0.1) is 27.9 Å². The minimum absolute atomic E-state index is 0.638. The number of benzene rings is 2. The number of allylic oxidation sites excluding steroid dienone is 2. The van der Waals surface area contributed by atoms with Gasteiger partial charge in [0.1, 0.15) is 10.8 Å². The normalized spacial score (nSPS) is 16.2. The summed E-state index contributed by atoms with van der Waals surface area (Å²) in [5, 5.41) is 12.4. The van der Waals surface area contributed by atoms with Gasteiger partial charge in [0.2, 0.25) is 0 Å². The maximum absolute atomic E-state index is 12.7. The topological polar surface area (TPSA) is 81.5 Å². The molecule has 0 spiro atoms. The van der Waals surface area contributed by atoms with Crippen LogP contribution in [0.25, 0.3) is 37.8 Å². The fourth-order valence-electron chi connectivity index (χ4n) is 5.51. The molecule has 6 rings (SSSR count). The number of ether oxygens (including phenoxy) is 2. The summed E-state index contributed by atoms with van der Waals surface area (Å²) < 4.78 is 13.1. The van der Waals surface area contributed by atoms with Crippen molar-refractivity contribution in [1.82, 2.24) is 9.97 Å². The van der Waals surface area contributed by atoms with Crippen LogP contribution >= 0.6 is 11.3 Å². The van der Waals surface area contributed by atoms with Crippen molar-refractivity contribution >= 4 is 44.0 Å². The third kappa shape index (κ3) is 4.20. The lowest BCUT2D eigenvalue weighted by atomic mass is 9.89. The van der Waals surface area contributed by atoms with E-state index in [-0.39, 0.29) is 0 Å². The lowest BCUT2D eigenvalue weighted by molar-refractivity contribution is -0.160. The van der Waals surface area contributed by atoms with Gasteiger partial charge in [-0.25, -0.2) is 9.78 Å². The van der Waals surface area contributed by atoms with Crippen LogP contribution < -0.4 is 4.74 Å². The average molecular weight is 515 g/mol. The second kappa shape index (κ2) is 8.92. The lowest BCUT2D eigenvalue weighted by Crippen LogP contribution is -2.28. The van der Waals surface area contributed by atoms with Gasteiger partial charge in [0.25, 0.3) is 0 Å². The van der Waals surface area contributed by atoms with Crippen LogP contribution in [0.2, 0.25) is 0 Å². The minimum atomic E-state index is -1.14. The summed E-state index contributed by atoms with van der Waals surface area (Å²) in [5.41, 5.74) is 6.73. The summed E-state index contributed by atoms with van der Waals surface area (Å²) in [4.78, 5) is 22.5. The number of nitrogens with zero attached hydrogens (tertiary/aromatic N) is 2. The third-order valence-corrected chi connectivity index (χ3v) is 8.20. The number of carboxylic acids is 1. The van der Waals surface area contributed by atoms with Crippen molar-refractivity contribution in [1.29, 1.82) is 0 Å². The van der Waals surface area contributed by atoms with Crippen LogP contribution in [-0.2, 0) is 16.0 Å². The zero-order chi connectivity index (χ0) is 25.9. The Morgan fingerprint density at radius 2 is 2.05 bits per heavy atom. The molecule has 1 aliphatic carbocycles. The highest BCUT2D eigenvalue weighted by molar-refractivity contribution is 7.20. The largest absolute Gasteiger partial charge is 0.493 e. The molecule has 1 atom stereocenters. The first-order valence-electron chi connectivity index (χ1n) is 12.8. The molecular weight excluding hydrogens is 484 g/mol. The predicted molar refractivity (Wildman–Crippen MR) is 147 cm³/mol. The van der Waals surface area contributed by atoms with E-state index >= 15 is 0 Å². The number of aliphatic carboxylic acids is 1. The molecule has 0 radical (unpaired) electrons. The highest BCUT2D eigenvalue weighted by atomic mass is 32.1. The van der Waals surface area contributed by atoms with E-state index in [2.05, 4.69) is 6.08 Å². The molecule has 0 saturated carbocycles. The molecule has 1 unspecified atom stereocenters. The number of hydrogen-bond donors (Lipinski definition) is 1. The van der Waals surface area contributed by atoms with Crippen LogP contribution in [0, 0.1) is 6.92 Å². The second-order valence-electron chi connectivity index (χ2n) is 10.8. The molecule has 1 aliphatic heterocycles. The molecule has 0 amide bonds. The van der Waals surface area contributed by atoms with Crippen LogP contribution in [-0.4, -0.2) is 33.3 Å². The number of thiazole rings is 1. The van der Waals surface area contributed by atoms with Crippen molar-refractivity contribution in [3.8, 4) is 16.9 Å². The van der Waals surface area contributed by atoms with E-state index in [1.54, 1.807) is 11.3 Å². The number of aromatic nitrogens is 2. The number of aryl methyl sites for hydroxylation is 1. The number of rotatable bonds is 5. The van der Waals surface area contributed by atoms with Gasteiger partial charge in [-0.2, -0.15) is 0 Å². The standard InChI is InChI=1S/C30H30N2O4S/c1-16-15-20-27(37-28(32-20)18-7-5-6-8-18)24(22(16)26(29(33)34)36-30(2,3)4)19-9-10-21-23-17(12-14-35-21)11-13-31-25(19)23/h7,9-11,13,15,26H,5-6,8,12,14H2,1-4H3,(H,33,34). The number of hydrogen-bond acceptors (Lipinski definition) is 6. The summed E-state index contributed by atoms with van der Waals surface area (Å²) in [6.07, 6.45) is 7.02. The molecule has 190 valence electrons. The van der Waals surface area contributed by atoms with E-state index in [1.165, 1.54) is 11.1 Å². The fraction of sp³-hybridized carbons (Fsp3) is 0.367. The van der Waals surface area contributed by atoms with Gasteiger partial charge in [-0.1, -0.05) is 6.08 Å². The van der Waals surface area contributed by atoms with Gasteiger partial charge in [0.15, 0.2) is 6.10 Å². The van der Waals surface area contributed by atoms with Gasteiger partial charge in [0, 0.05) is 34.7 Å². The molecule has 7 heteroatoms. The van der Waals surface area contributed by atoms with E-state index < -0.39 is 17.7 Å². The Morgan fingerprint density at radius 3 is 2.78 bits per heavy atom. The lowest BCUT2D eigenvalue weighted by Gasteiger charge is -2.28. The fourth-order valence-corrected chi connectivity index (χ4v) is 6.69. The molecule has 0 bridgehead atoms. The highest BCUT2D eigenvalue weighted by Crippen LogP contribution is 2.47. The Balaban J connectivity index is 1.71. The molecule has 0 saturated heterocycles. The second-order valence-corrected chi connectivity index (χ2v) is 11.8. The smallest absolute Gasteiger partial charge is 0.337 e. The first kappa shape index (κ1) is 24.1. The number of fused-ring (bicyclic) bond motifs is 1. The predicted octanol–water partition coefficient (Wildman–Crippen LogP) is 7.26. The molecule has 2 aliphatic rings. The van der Waals surface area contributed by atoms with Crippen molar-refractivity contribution < 1.29 is 19.4 Å². The number of pyridine rings is 1. The van der Waals surface area contributed by atoms with E-state index in [4.69, 9.17) is 19.4 Å². The van der Waals surface area contributed by atoms with Crippen molar-refractivity contribution in [2.24, 2.45) is 0 Å². The maximum Gasteiger partial charge on any atom is 0.337 e. The molecule has 37 heavy (non-hydrogen) atoms. The van der Waals surface area contributed by atoms with E-state index in [0.29, 0.717) is 12.2 Å². The zero-order valence-corrected chi connectivity index (χ0v) is 22.4. The summed E-state index contributed by atoms with van der Waals surface area (Å²) in [6, 6.07) is 8.06. The van der Waals surface area contributed by atoms with Gasteiger partial charge in [-0.05, 0) is 87.9 Å². The van der Waals surface area contributed by atoms with E-state index in [9.17, 15) is 9.90 Å². The van der Waals surface area contributed by atoms with Crippen LogP contribution in [0.15, 0.2) is 36.5 Å². The Bertz CT molecular complexity index is 1580. The Morgan fingerprint density at radius 1 is 1.22 bits per heavy atom. The highest BCUT2D eigenvalue weighted by Gasteiger charge is 2.33. The summed E-state index contributed by atoms with van der Waals surface area (Å²) in [6.45, 7) is 8.24. The van der Waals surface area contributed by atoms with Crippen LogP contribution in [0.1, 0.15) is 67.8 Å². The Hall–Kier alpha value is -3.29. The molecule has 0 fully saturated rings. The van der Waals surface area contributed by atoms with Crippen molar-refractivity contribution in [2.45, 2.75) is 65.1 Å². The molecule has 2 aromatic carbocycles. The van der Waals surface area contributed by atoms with Crippen molar-refractivity contribution in [3.63, 3.8) is 0 Å². The maximum atomic E-state index is 12.7. The van der Waals surface area contributed by atoms with Gasteiger partial charge in [-0.15, -0.1) is 11.3 Å². The number of carboxylic acid groups (broad SMARTS) is 1. The summed E-state index contributed by atoms with van der Waals surface area (Å²) in [5.74, 6) is -0.193. The molecule has 1 N–H and O–H groups in total. The summed E-state index contributed by atoms with van der Waals surface area (Å²) >= 11 is 1.64. The van der Waals surface area contributed by atoms with E-state index in [1.807, 2.05) is 58.2 Å². The van der Waals surface area contributed by atoms with Crippen LogP contribution in [0.4, 0.5) is 0 Å². The summed E-state index contributed by atoms with van der Waals surface area (Å²) in [7, 11) is 0. The van der Waals surface area contributed by atoms with Gasteiger partial charge >= 0.3 is 5.97 Å². The zero-order valence-electron chi connectivity index (χ0n) is 21.6. The Labute approximate surface area is 220 Å². The molecule has 2 aromatic heterocycles. The first-order valence-corrected chi connectivity index (χ1v) is 13.6. The minimum Gasteiger partial charge on any atom is -0.493 e. The number of carbonyl (C=O) groups is 1. The molecular formula is C30H30N2O4S.